The maximum absolute atomic E-state index is 11.8. The summed E-state index contributed by atoms with van der Waals surface area (Å²) in [4.78, 5) is 20.6. The van der Waals surface area contributed by atoms with Crippen LogP contribution in [0.1, 0.15) is 29.3 Å². The molecular formula is C26H29N5O4. The number of aliphatic hydroxyl groups excluding tert-OH is 1. The summed E-state index contributed by atoms with van der Waals surface area (Å²) >= 11 is 0. The third-order valence-electron chi connectivity index (χ3n) is 5.90. The van der Waals surface area contributed by atoms with Gasteiger partial charge in [0.2, 0.25) is 5.91 Å². The molecule has 0 saturated heterocycles. The highest BCUT2D eigenvalue weighted by atomic mass is 16.5. The molecule has 0 atom stereocenters. The van der Waals surface area contributed by atoms with Gasteiger partial charge in [0.1, 0.15) is 0 Å². The van der Waals surface area contributed by atoms with Gasteiger partial charge in [-0.15, -0.1) is 0 Å². The number of nitrogens with zero attached hydrogens (tertiary/aromatic N) is 3. The van der Waals surface area contributed by atoms with Crippen molar-refractivity contribution >= 4 is 28.2 Å². The number of fused-ring (bicyclic) bond motifs is 1. The van der Waals surface area contributed by atoms with Crippen molar-refractivity contribution in [2.24, 2.45) is 5.73 Å². The number of hydrogen-bond acceptors (Lipinski definition) is 7. The number of aliphatic hydroxyl groups is 1. The number of hydrogen-bond donors (Lipinski definition) is 3. The number of nitrogens with two attached hydrogens (primary N) is 1. The van der Waals surface area contributed by atoms with E-state index >= 15 is 0 Å². The zero-order chi connectivity index (χ0) is 24.9. The molecule has 4 aromatic rings. The van der Waals surface area contributed by atoms with Gasteiger partial charge >= 0.3 is 0 Å². The maximum atomic E-state index is 11.8. The number of ether oxygens (including phenoxy) is 2. The summed E-state index contributed by atoms with van der Waals surface area (Å²) in [6.07, 6.45) is 6.04. The second-order valence-electron chi connectivity index (χ2n) is 8.14. The second-order valence-corrected chi connectivity index (χ2v) is 8.14. The topological polar surface area (TPSA) is 125 Å². The highest BCUT2D eigenvalue weighted by Crippen LogP contribution is 2.38. The fourth-order valence-electron chi connectivity index (χ4n) is 4.25. The predicted molar refractivity (Wildman–Crippen MR) is 134 cm³/mol. The van der Waals surface area contributed by atoms with Crippen LogP contribution < -0.4 is 20.5 Å². The molecule has 0 aliphatic carbocycles. The van der Waals surface area contributed by atoms with E-state index in [0.29, 0.717) is 34.8 Å². The quantitative estimate of drug-likeness (QED) is 0.321. The molecule has 2 aromatic heterocycles. The fraction of sp³-hybridized carbons (Fsp3) is 0.269. The lowest BCUT2D eigenvalue weighted by Gasteiger charge is -2.19. The third kappa shape index (κ3) is 5.04. The van der Waals surface area contributed by atoms with Crippen molar-refractivity contribution in [2.45, 2.75) is 32.9 Å². The largest absolute Gasteiger partial charge is 0.493 e. The highest BCUT2D eigenvalue weighted by molar-refractivity contribution is 5.98. The van der Waals surface area contributed by atoms with E-state index in [1.807, 2.05) is 35.0 Å². The first-order valence-corrected chi connectivity index (χ1v) is 11.3. The molecule has 0 aliphatic rings. The fourth-order valence-corrected chi connectivity index (χ4v) is 4.25. The lowest BCUT2D eigenvalue weighted by Crippen LogP contribution is -2.15. The van der Waals surface area contributed by atoms with Crippen LogP contribution in [-0.2, 0) is 30.8 Å². The lowest BCUT2D eigenvalue weighted by molar-refractivity contribution is -0.117. The Morgan fingerprint density at radius 2 is 1.91 bits per heavy atom. The molecule has 4 N–H and O–H groups in total. The molecule has 9 nitrogen and oxygen atoms in total. The number of amides is 1. The van der Waals surface area contributed by atoms with Crippen LogP contribution in [0.4, 0.5) is 11.4 Å². The van der Waals surface area contributed by atoms with Gasteiger partial charge < -0.3 is 30.2 Å². The molecule has 9 heteroatoms. The predicted octanol–water partition coefficient (Wildman–Crippen LogP) is 3.32. The summed E-state index contributed by atoms with van der Waals surface area (Å²) in [7, 11) is 3.15. The van der Waals surface area contributed by atoms with E-state index in [9.17, 15) is 9.90 Å². The van der Waals surface area contributed by atoms with Crippen LogP contribution in [0.5, 0.6) is 11.5 Å². The number of carbonyl (C=O) groups excluding carboxylic acids is 1. The monoisotopic (exact) mass is 475 g/mol. The van der Waals surface area contributed by atoms with Crippen LogP contribution in [-0.4, -0.2) is 39.8 Å². The molecule has 0 unspecified atom stereocenters. The van der Waals surface area contributed by atoms with Crippen LogP contribution in [0.25, 0.3) is 10.9 Å². The van der Waals surface area contributed by atoms with Crippen molar-refractivity contribution in [3.63, 3.8) is 0 Å². The molecule has 35 heavy (non-hydrogen) atoms. The number of imidazole rings is 1. The number of rotatable bonds is 10. The number of benzene rings is 2. The first-order chi connectivity index (χ1) is 17.0. The number of pyridine rings is 1. The summed E-state index contributed by atoms with van der Waals surface area (Å²) in [5.41, 5.74) is 11.5. The minimum atomic E-state index is -0.445. The first kappa shape index (κ1) is 24.0. The van der Waals surface area contributed by atoms with E-state index in [-0.39, 0.29) is 13.0 Å². The number of methoxy groups -OCH3 is 2. The van der Waals surface area contributed by atoms with Gasteiger partial charge in [-0.3, -0.25) is 9.78 Å². The molecular weight excluding hydrogens is 446 g/mol. The molecule has 4 rings (SSSR count). The average molecular weight is 476 g/mol. The molecule has 182 valence electrons. The van der Waals surface area contributed by atoms with Crippen LogP contribution in [0.2, 0.25) is 0 Å². The van der Waals surface area contributed by atoms with Crippen molar-refractivity contribution in [3.05, 3.63) is 71.4 Å². The van der Waals surface area contributed by atoms with Gasteiger partial charge in [0.25, 0.3) is 0 Å². The zero-order valence-electron chi connectivity index (χ0n) is 20.0. The zero-order valence-corrected chi connectivity index (χ0v) is 20.0. The van der Waals surface area contributed by atoms with Gasteiger partial charge in [0, 0.05) is 41.6 Å². The average Bonchev–Trinajstić information content (AvgIpc) is 3.32. The van der Waals surface area contributed by atoms with Gasteiger partial charge in [-0.2, -0.15) is 0 Å². The first-order valence-electron chi connectivity index (χ1n) is 11.3. The number of anilines is 2. The van der Waals surface area contributed by atoms with Gasteiger partial charge in [-0.25, -0.2) is 4.98 Å². The lowest BCUT2D eigenvalue weighted by atomic mass is 10.0. The summed E-state index contributed by atoms with van der Waals surface area (Å²) < 4.78 is 12.9. The van der Waals surface area contributed by atoms with E-state index in [2.05, 4.69) is 28.3 Å². The second kappa shape index (κ2) is 10.4. The molecule has 0 radical (unpaired) electrons. The molecule has 0 aliphatic heterocycles. The molecule has 0 bridgehead atoms. The smallest absolute Gasteiger partial charge is 0.221 e. The number of nitrogens with one attached hydrogen (secondary N) is 1. The van der Waals surface area contributed by atoms with Crippen molar-refractivity contribution in [2.75, 3.05) is 19.5 Å². The molecule has 1 amide bonds. The number of primary amides is 1. The number of carbonyl (C=O) groups is 1. The van der Waals surface area contributed by atoms with E-state index in [4.69, 9.17) is 15.2 Å². The Morgan fingerprint density at radius 1 is 1.14 bits per heavy atom. The Bertz CT molecular complexity index is 1370. The Hall–Kier alpha value is -4.11. The highest BCUT2D eigenvalue weighted by Gasteiger charge is 2.17. The van der Waals surface area contributed by atoms with Crippen LogP contribution in [0.15, 0.2) is 49.1 Å². The molecule has 0 spiro atoms. The molecule has 0 fully saturated rings. The van der Waals surface area contributed by atoms with Crippen molar-refractivity contribution in [1.82, 2.24) is 14.5 Å². The van der Waals surface area contributed by atoms with Gasteiger partial charge in [0.15, 0.2) is 11.5 Å². The van der Waals surface area contributed by atoms with Crippen LogP contribution in [0.3, 0.4) is 0 Å². The minimum Gasteiger partial charge on any atom is -0.493 e. The van der Waals surface area contributed by atoms with Crippen molar-refractivity contribution in [1.29, 1.82) is 0 Å². The van der Waals surface area contributed by atoms with Gasteiger partial charge in [-0.05, 0) is 29.7 Å². The van der Waals surface area contributed by atoms with Crippen LogP contribution in [0, 0.1) is 0 Å². The van der Waals surface area contributed by atoms with Crippen molar-refractivity contribution in [3.8, 4) is 11.5 Å². The third-order valence-corrected chi connectivity index (χ3v) is 5.90. The van der Waals surface area contributed by atoms with E-state index in [1.54, 1.807) is 26.7 Å². The van der Waals surface area contributed by atoms with Gasteiger partial charge in [-0.1, -0.05) is 19.1 Å². The SMILES string of the molecule is CCc1c(Cn2cnc(CO)c2)cccc1Nc1c(CC(N)=O)cnc2cc(OC)c(OC)cc12. The van der Waals surface area contributed by atoms with E-state index < -0.39 is 5.91 Å². The standard InChI is InChI=1S/C26H29N5O4/c1-4-19-16(12-31-13-18(14-32)29-15-31)6-5-7-21(19)30-26-17(8-25(27)33)11-28-22-10-24(35-3)23(34-2)9-20(22)26/h5-7,9-11,13,15,32H,4,8,12,14H2,1-3H3,(H2,27,33)(H,28,30). The minimum absolute atomic E-state index is 0.0414. The summed E-state index contributed by atoms with van der Waals surface area (Å²) in [6.45, 7) is 2.61. The van der Waals surface area contributed by atoms with Crippen LogP contribution >= 0.6 is 0 Å². The molecule has 0 saturated carbocycles. The van der Waals surface area contributed by atoms with Crippen molar-refractivity contribution < 1.29 is 19.4 Å². The molecule has 2 heterocycles. The Labute approximate surface area is 203 Å². The Kier molecular flexibility index (Phi) is 7.17. The van der Waals surface area contributed by atoms with E-state index in [1.165, 1.54) is 0 Å². The summed E-state index contributed by atoms with van der Waals surface area (Å²) in [5.74, 6) is 0.684. The Morgan fingerprint density at radius 3 is 2.57 bits per heavy atom. The normalized spacial score (nSPS) is 11.0. The Balaban J connectivity index is 1.82. The summed E-state index contributed by atoms with van der Waals surface area (Å²) in [6, 6.07) is 9.73. The van der Waals surface area contributed by atoms with Gasteiger partial charge in [0.05, 0.1) is 50.5 Å². The summed E-state index contributed by atoms with van der Waals surface area (Å²) in [5, 5.41) is 13.7. The van der Waals surface area contributed by atoms with E-state index in [0.717, 1.165) is 34.3 Å². The molecule has 2 aromatic carbocycles. The number of aromatic nitrogens is 3. The maximum Gasteiger partial charge on any atom is 0.221 e.